The molecule has 2 aromatic heterocycles. The minimum atomic E-state index is -0.0880. The molecule has 1 aromatic carbocycles. The number of rotatable bonds is 7. The van der Waals surface area contributed by atoms with Gasteiger partial charge in [-0.2, -0.15) is 0 Å². The van der Waals surface area contributed by atoms with E-state index in [9.17, 15) is 4.79 Å². The van der Waals surface area contributed by atoms with Crippen molar-refractivity contribution in [1.82, 2.24) is 14.9 Å². The summed E-state index contributed by atoms with van der Waals surface area (Å²) in [6.07, 6.45) is 1.88. The molecule has 1 aliphatic heterocycles. The van der Waals surface area contributed by atoms with Crippen LogP contribution >= 0.6 is 11.3 Å². The van der Waals surface area contributed by atoms with Crippen molar-refractivity contribution >= 4 is 34.0 Å². The molecule has 0 bridgehead atoms. The van der Waals surface area contributed by atoms with Crippen LogP contribution in [0.1, 0.15) is 30.5 Å². The van der Waals surface area contributed by atoms with E-state index in [1.165, 1.54) is 4.88 Å². The highest BCUT2D eigenvalue weighted by Gasteiger charge is 2.27. The average molecular weight is 411 g/mol. The SMILES string of the molecule is CCOC(=O)C1CCCN(Cc2nc(NCc3cccs3)c3ccccc3n2)C1. The van der Waals surface area contributed by atoms with Gasteiger partial charge in [-0.3, -0.25) is 9.69 Å². The summed E-state index contributed by atoms with van der Waals surface area (Å²) in [6.45, 7) is 5.31. The fraction of sp³-hybridized carbons (Fsp3) is 0.409. The van der Waals surface area contributed by atoms with Crippen molar-refractivity contribution in [2.75, 3.05) is 25.0 Å². The van der Waals surface area contributed by atoms with Gasteiger partial charge in [-0.05, 0) is 49.9 Å². The zero-order valence-electron chi connectivity index (χ0n) is 16.6. The zero-order chi connectivity index (χ0) is 20.1. The molecule has 1 aliphatic rings. The minimum Gasteiger partial charge on any atom is -0.466 e. The first-order valence-corrected chi connectivity index (χ1v) is 11.0. The maximum Gasteiger partial charge on any atom is 0.310 e. The van der Waals surface area contributed by atoms with Gasteiger partial charge in [0.25, 0.3) is 0 Å². The number of likely N-dealkylation sites (tertiary alicyclic amines) is 1. The predicted molar refractivity (Wildman–Crippen MR) is 116 cm³/mol. The largest absolute Gasteiger partial charge is 0.466 e. The van der Waals surface area contributed by atoms with E-state index in [1.54, 1.807) is 11.3 Å². The number of para-hydroxylation sites is 1. The summed E-state index contributed by atoms with van der Waals surface area (Å²) in [5.41, 5.74) is 0.935. The van der Waals surface area contributed by atoms with Crippen LogP contribution < -0.4 is 5.32 Å². The van der Waals surface area contributed by atoms with Gasteiger partial charge in [0, 0.05) is 16.8 Å². The van der Waals surface area contributed by atoms with E-state index in [-0.39, 0.29) is 11.9 Å². The highest BCUT2D eigenvalue weighted by Crippen LogP contribution is 2.24. The first-order chi connectivity index (χ1) is 14.2. The van der Waals surface area contributed by atoms with E-state index in [0.717, 1.165) is 48.5 Å². The molecule has 152 valence electrons. The van der Waals surface area contributed by atoms with Crippen LogP contribution in [-0.2, 0) is 22.6 Å². The predicted octanol–water partition coefficient (Wildman–Crippen LogP) is 4.08. The Morgan fingerprint density at radius 1 is 1.28 bits per heavy atom. The van der Waals surface area contributed by atoms with Gasteiger partial charge >= 0.3 is 5.97 Å². The summed E-state index contributed by atoms with van der Waals surface area (Å²) < 4.78 is 5.22. The monoisotopic (exact) mass is 410 g/mol. The topological polar surface area (TPSA) is 67.3 Å². The first-order valence-electron chi connectivity index (χ1n) is 10.1. The molecule has 0 amide bonds. The maximum absolute atomic E-state index is 12.1. The van der Waals surface area contributed by atoms with Crippen molar-refractivity contribution in [3.05, 3.63) is 52.5 Å². The summed E-state index contributed by atoms with van der Waals surface area (Å²) >= 11 is 1.73. The molecule has 6 nitrogen and oxygen atoms in total. The van der Waals surface area contributed by atoms with Crippen molar-refractivity contribution in [3.8, 4) is 0 Å². The van der Waals surface area contributed by atoms with Crippen molar-refractivity contribution in [2.45, 2.75) is 32.9 Å². The highest BCUT2D eigenvalue weighted by molar-refractivity contribution is 7.09. The van der Waals surface area contributed by atoms with Crippen LogP contribution in [0.25, 0.3) is 10.9 Å². The lowest BCUT2D eigenvalue weighted by molar-refractivity contribution is -0.150. The lowest BCUT2D eigenvalue weighted by Gasteiger charge is -2.31. The molecule has 4 rings (SSSR count). The third kappa shape index (κ3) is 4.92. The van der Waals surface area contributed by atoms with Crippen LogP contribution in [0.15, 0.2) is 41.8 Å². The summed E-state index contributed by atoms with van der Waals surface area (Å²) in [5, 5.41) is 6.58. The van der Waals surface area contributed by atoms with Gasteiger partial charge < -0.3 is 10.1 Å². The molecule has 0 saturated carbocycles. The molecule has 0 radical (unpaired) electrons. The number of benzene rings is 1. The molecule has 1 N–H and O–H groups in total. The quantitative estimate of drug-likeness (QED) is 0.592. The van der Waals surface area contributed by atoms with E-state index < -0.39 is 0 Å². The van der Waals surface area contributed by atoms with Gasteiger partial charge in [-0.15, -0.1) is 11.3 Å². The molecule has 0 spiro atoms. The van der Waals surface area contributed by atoms with Gasteiger partial charge in [0.2, 0.25) is 0 Å². The highest BCUT2D eigenvalue weighted by atomic mass is 32.1. The first kappa shape index (κ1) is 19.8. The number of hydrogen-bond donors (Lipinski definition) is 1. The Kier molecular flexibility index (Phi) is 6.36. The molecular weight excluding hydrogens is 384 g/mol. The van der Waals surface area contributed by atoms with Crippen LogP contribution in [0, 0.1) is 5.92 Å². The maximum atomic E-state index is 12.1. The molecular formula is C22H26N4O2S. The molecule has 1 atom stereocenters. The van der Waals surface area contributed by atoms with Crippen molar-refractivity contribution < 1.29 is 9.53 Å². The molecule has 3 aromatic rings. The molecule has 1 saturated heterocycles. The molecule has 1 fully saturated rings. The van der Waals surface area contributed by atoms with Gasteiger partial charge in [0.15, 0.2) is 0 Å². The summed E-state index contributed by atoms with van der Waals surface area (Å²) in [7, 11) is 0. The van der Waals surface area contributed by atoms with E-state index in [4.69, 9.17) is 14.7 Å². The van der Waals surface area contributed by atoms with Gasteiger partial charge in [-0.25, -0.2) is 9.97 Å². The van der Waals surface area contributed by atoms with Crippen LogP contribution in [0.5, 0.6) is 0 Å². The number of esters is 1. The van der Waals surface area contributed by atoms with E-state index in [0.29, 0.717) is 19.7 Å². The number of fused-ring (bicyclic) bond motifs is 1. The Bertz CT molecular complexity index is 961. The number of thiophene rings is 1. The van der Waals surface area contributed by atoms with E-state index in [1.807, 2.05) is 31.2 Å². The Hall–Kier alpha value is -2.51. The van der Waals surface area contributed by atoms with Crippen LogP contribution in [-0.4, -0.2) is 40.5 Å². The summed E-state index contributed by atoms with van der Waals surface area (Å²) in [6, 6.07) is 12.3. The number of hydrogen-bond acceptors (Lipinski definition) is 7. The van der Waals surface area contributed by atoms with Gasteiger partial charge in [-0.1, -0.05) is 18.2 Å². The Balaban J connectivity index is 1.51. The third-order valence-electron chi connectivity index (χ3n) is 5.15. The number of nitrogens with zero attached hydrogens (tertiary/aromatic N) is 3. The smallest absolute Gasteiger partial charge is 0.310 e. The summed E-state index contributed by atoms with van der Waals surface area (Å²) in [4.78, 5) is 25.3. The van der Waals surface area contributed by atoms with Crippen LogP contribution in [0.3, 0.4) is 0 Å². The minimum absolute atomic E-state index is 0.0550. The Morgan fingerprint density at radius 2 is 2.17 bits per heavy atom. The lowest BCUT2D eigenvalue weighted by atomic mass is 9.98. The normalized spacial score (nSPS) is 17.3. The third-order valence-corrected chi connectivity index (χ3v) is 6.03. The number of aromatic nitrogens is 2. The number of piperidine rings is 1. The second-order valence-corrected chi connectivity index (χ2v) is 8.30. The Morgan fingerprint density at radius 3 is 3.00 bits per heavy atom. The van der Waals surface area contributed by atoms with Crippen molar-refractivity contribution in [3.63, 3.8) is 0 Å². The fourth-order valence-corrected chi connectivity index (χ4v) is 4.41. The Labute approximate surface area is 174 Å². The number of nitrogens with one attached hydrogen (secondary N) is 1. The number of ether oxygens (including phenoxy) is 1. The zero-order valence-corrected chi connectivity index (χ0v) is 17.5. The standard InChI is InChI=1S/C22H26N4O2S/c1-2-28-22(27)16-7-5-11-26(14-16)15-20-24-19-10-4-3-9-18(19)21(25-20)23-13-17-8-6-12-29-17/h3-4,6,8-10,12,16H,2,5,7,11,13-15H2,1H3,(H,23,24,25). The fourth-order valence-electron chi connectivity index (χ4n) is 3.77. The second kappa shape index (κ2) is 9.33. The second-order valence-electron chi connectivity index (χ2n) is 7.26. The number of carbonyl (C=O) groups is 1. The van der Waals surface area contributed by atoms with E-state index in [2.05, 4.69) is 27.7 Å². The molecule has 3 heterocycles. The lowest BCUT2D eigenvalue weighted by Crippen LogP contribution is -2.39. The molecule has 0 aliphatic carbocycles. The van der Waals surface area contributed by atoms with Crippen molar-refractivity contribution in [1.29, 1.82) is 0 Å². The number of carbonyl (C=O) groups excluding carboxylic acids is 1. The molecule has 29 heavy (non-hydrogen) atoms. The molecule has 7 heteroatoms. The van der Waals surface area contributed by atoms with Crippen LogP contribution in [0.2, 0.25) is 0 Å². The van der Waals surface area contributed by atoms with E-state index >= 15 is 0 Å². The average Bonchev–Trinajstić information content (AvgIpc) is 3.26. The van der Waals surface area contributed by atoms with Crippen molar-refractivity contribution in [2.24, 2.45) is 5.92 Å². The number of anilines is 1. The molecule has 1 unspecified atom stereocenters. The van der Waals surface area contributed by atoms with Gasteiger partial charge in [0.05, 0.1) is 31.1 Å². The summed E-state index contributed by atoms with van der Waals surface area (Å²) in [5.74, 6) is 1.50. The van der Waals surface area contributed by atoms with Crippen LogP contribution in [0.4, 0.5) is 5.82 Å². The van der Waals surface area contributed by atoms with Gasteiger partial charge in [0.1, 0.15) is 11.6 Å².